The van der Waals surface area contributed by atoms with Crippen LogP contribution in [-0.4, -0.2) is 21.7 Å². The van der Waals surface area contributed by atoms with E-state index in [4.69, 9.17) is 27.9 Å². The Labute approximate surface area is 157 Å². The van der Waals surface area contributed by atoms with Crippen LogP contribution in [0.1, 0.15) is 49.0 Å². The van der Waals surface area contributed by atoms with Crippen LogP contribution in [-0.2, 0) is 6.73 Å². The Balaban J connectivity index is 1.55. The van der Waals surface area contributed by atoms with Gasteiger partial charge in [0.15, 0.2) is 6.73 Å². The highest BCUT2D eigenvalue weighted by molar-refractivity contribution is 6.35. The van der Waals surface area contributed by atoms with Gasteiger partial charge in [-0.05, 0) is 37.1 Å². The van der Waals surface area contributed by atoms with Gasteiger partial charge in [-0.15, -0.1) is 0 Å². The van der Waals surface area contributed by atoms with Crippen LogP contribution in [0.25, 0.3) is 0 Å². The number of ether oxygens (including phenoxy) is 1. The minimum Gasteiger partial charge on any atom is -0.470 e. The smallest absolute Gasteiger partial charge is 0.271 e. The van der Waals surface area contributed by atoms with Crippen molar-refractivity contribution < 1.29 is 9.53 Å². The summed E-state index contributed by atoms with van der Waals surface area (Å²) in [6.45, 7) is 0.165. The molecule has 1 amide bonds. The maximum Gasteiger partial charge on any atom is 0.271 e. The zero-order valence-corrected chi connectivity index (χ0v) is 15.4. The van der Waals surface area contributed by atoms with Crippen molar-refractivity contribution in [1.29, 1.82) is 0 Å². The number of carbonyl (C=O) groups is 1. The number of hydrogen-bond acceptors (Lipinski definition) is 3. The average molecular weight is 382 g/mol. The minimum absolute atomic E-state index is 0.129. The van der Waals surface area contributed by atoms with Crippen LogP contribution in [0.5, 0.6) is 5.75 Å². The van der Waals surface area contributed by atoms with Gasteiger partial charge in [-0.3, -0.25) is 4.79 Å². The Morgan fingerprint density at radius 1 is 1.20 bits per heavy atom. The molecule has 3 rings (SSSR count). The SMILES string of the molecule is O=C(NC1CCCCCC1)c1ccn(COc2ccc(Cl)cc2Cl)n1. The summed E-state index contributed by atoms with van der Waals surface area (Å²) in [5, 5.41) is 8.34. The van der Waals surface area contributed by atoms with Gasteiger partial charge in [0.2, 0.25) is 0 Å². The van der Waals surface area contributed by atoms with Crippen LogP contribution in [0, 0.1) is 0 Å². The molecule has 0 aliphatic heterocycles. The molecule has 2 aromatic rings. The third-order valence-electron chi connectivity index (χ3n) is 4.31. The molecule has 1 heterocycles. The topological polar surface area (TPSA) is 56.2 Å². The lowest BCUT2D eigenvalue weighted by Crippen LogP contribution is -2.34. The summed E-state index contributed by atoms with van der Waals surface area (Å²) in [7, 11) is 0. The molecule has 0 spiro atoms. The van der Waals surface area contributed by atoms with E-state index in [0.29, 0.717) is 21.5 Å². The molecule has 1 aromatic carbocycles. The van der Waals surface area contributed by atoms with Gasteiger partial charge >= 0.3 is 0 Å². The van der Waals surface area contributed by atoms with Gasteiger partial charge in [-0.25, -0.2) is 4.68 Å². The molecule has 25 heavy (non-hydrogen) atoms. The van der Waals surface area contributed by atoms with Crippen LogP contribution in [0.15, 0.2) is 30.5 Å². The number of aromatic nitrogens is 2. The van der Waals surface area contributed by atoms with Crippen molar-refractivity contribution in [2.45, 2.75) is 51.3 Å². The van der Waals surface area contributed by atoms with Gasteiger partial charge in [0.1, 0.15) is 11.4 Å². The zero-order chi connectivity index (χ0) is 17.6. The average Bonchev–Trinajstić information content (AvgIpc) is 2.92. The zero-order valence-electron chi connectivity index (χ0n) is 13.9. The molecule has 5 nitrogen and oxygen atoms in total. The standard InChI is InChI=1S/C18H21Cl2N3O2/c19-13-7-8-17(15(20)11-13)25-12-23-10-9-16(22-23)18(24)21-14-5-3-1-2-4-6-14/h7-11,14H,1-6,12H2,(H,21,24). The Morgan fingerprint density at radius 2 is 1.96 bits per heavy atom. The molecule has 1 aliphatic rings. The van der Waals surface area contributed by atoms with E-state index in [0.717, 1.165) is 12.8 Å². The first-order valence-electron chi connectivity index (χ1n) is 8.54. The Hall–Kier alpha value is -1.72. The number of carbonyl (C=O) groups excluding carboxylic acids is 1. The molecule has 0 atom stereocenters. The van der Waals surface area contributed by atoms with Crippen molar-refractivity contribution >= 4 is 29.1 Å². The number of rotatable bonds is 5. The fourth-order valence-electron chi connectivity index (χ4n) is 2.97. The van der Waals surface area contributed by atoms with Crippen LogP contribution < -0.4 is 10.1 Å². The molecule has 1 N–H and O–H groups in total. The van der Waals surface area contributed by atoms with Crippen LogP contribution >= 0.6 is 23.2 Å². The van der Waals surface area contributed by atoms with E-state index in [1.165, 1.54) is 25.7 Å². The van der Waals surface area contributed by atoms with Crippen molar-refractivity contribution in [1.82, 2.24) is 15.1 Å². The first kappa shape index (κ1) is 18.1. The summed E-state index contributed by atoms with van der Waals surface area (Å²) in [4.78, 5) is 12.3. The highest BCUT2D eigenvalue weighted by Crippen LogP contribution is 2.27. The van der Waals surface area contributed by atoms with Gasteiger partial charge in [0.05, 0.1) is 5.02 Å². The predicted molar refractivity (Wildman–Crippen MR) is 98.3 cm³/mol. The van der Waals surface area contributed by atoms with Crippen molar-refractivity contribution in [2.75, 3.05) is 0 Å². The van der Waals surface area contributed by atoms with Crippen molar-refractivity contribution in [3.05, 3.63) is 46.2 Å². The quantitative estimate of drug-likeness (QED) is 0.764. The van der Waals surface area contributed by atoms with E-state index in [-0.39, 0.29) is 18.7 Å². The molecule has 0 bridgehead atoms. The highest BCUT2D eigenvalue weighted by atomic mass is 35.5. The molecule has 1 saturated carbocycles. The highest BCUT2D eigenvalue weighted by Gasteiger charge is 2.17. The molecular formula is C18H21Cl2N3O2. The Bertz CT molecular complexity index is 725. The first-order valence-corrected chi connectivity index (χ1v) is 9.29. The minimum atomic E-state index is -0.129. The molecule has 134 valence electrons. The van der Waals surface area contributed by atoms with Crippen molar-refractivity contribution in [3.8, 4) is 5.75 Å². The number of nitrogens with zero attached hydrogens (tertiary/aromatic N) is 2. The molecular weight excluding hydrogens is 361 g/mol. The van der Waals surface area contributed by atoms with Crippen molar-refractivity contribution in [2.24, 2.45) is 0 Å². The second-order valence-electron chi connectivity index (χ2n) is 6.25. The van der Waals surface area contributed by atoms with E-state index in [1.807, 2.05) is 0 Å². The third-order valence-corrected chi connectivity index (χ3v) is 4.84. The van der Waals surface area contributed by atoms with Crippen LogP contribution in [0.4, 0.5) is 0 Å². The maximum absolute atomic E-state index is 12.3. The molecule has 0 radical (unpaired) electrons. The maximum atomic E-state index is 12.3. The Morgan fingerprint density at radius 3 is 2.68 bits per heavy atom. The van der Waals surface area contributed by atoms with Crippen LogP contribution in [0.2, 0.25) is 10.0 Å². The van der Waals surface area contributed by atoms with E-state index >= 15 is 0 Å². The molecule has 1 aromatic heterocycles. The number of amides is 1. The summed E-state index contributed by atoms with van der Waals surface area (Å²) in [5.74, 6) is 0.390. The van der Waals surface area contributed by atoms with Crippen molar-refractivity contribution in [3.63, 3.8) is 0 Å². The number of hydrogen-bond donors (Lipinski definition) is 1. The second kappa shape index (κ2) is 8.59. The normalized spacial score (nSPS) is 15.6. The predicted octanol–water partition coefficient (Wildman–Crippen LogP) is 4.68. The fourth-order valence-corrected chi connectivity index (χ4v) is 3.43. The van der Waals surface area contributed by atoms with Gasteiger partial charge in [-0.2, -0.15) is 5.10 Å². The monoisotopic (exact) mass is 381 g/mol. The lowest BCUT2D eigenvalue weighted by molar-refractivity contribution is 0.0926. The summed E-state index contributed by atoms with van der Waals surface area (Å²) in [6, 6.07) is 6.97. The number of nitrogens with one attached hydrogen (secondary N) is 1. The molecule has 0 unspecified atom stereocenters. The summed E-state index contributed by atoms with van der Waals surface area (Å²) in [5.41, 5.74) is 0.398. The molecule has 0 saturated heterocycles. The summed E-state index contributed by atoms with van der Waals surface area (Å²) in [6.07, 6.45) is 8.67. The van der Waals surface area contributed by atoms with Crippen LogP contribution in [0.3, 0.4) is 0 Å². The van der Waals surface area contributed by atoms with E-state index in [1.54, 1.807) is 35.1 Å². The number of halogens is 2. The van der Waals surface area contributed by atoms with Gasteiger partial charge in [0.25, 0.3) is 5.91 Å². The lowest BCUT2D eigenvalue weighted by atomic mass is 10.1. The second-order valence-corrected chi connectivity index (χ2v) is 7.09. The van der Waals surface area contributed by atoms with E-state index < -0.39 is 0 Å². The first-order chi connectivity index (χ1) is 12.1. The number of benzene rings is 1. The van der Waals surface area contributed by atoms with E-state index in [9.17, 15) is 4.79 Å². The molecule has 1 aliphatic carbocycles. The summed E-state index contributed by atoms with van der Waals surface area (Å²) >= 11 is 11.9. The summed E-state index contributed by atoms with van der Waals surface area (Å²) < 4.78 is 7.18. The Kier molecular flexibility index (Phi) is 6.21. The van der Waals surface area contributed by atoms with E-state index in [2.05, 4.69) is 10.4 Å². The van der Waals surface area contributed by atoms with Gasteiger partial charge in [0, 0.05) is 17.3 Å². The lowest BCUT2D eigenvalue weighted by Gasteiger charge is -2.15. The third kappa shape index (κ3) is 5.13. The molecule has 1 fully saturated rings. The fraction of sp³-hybridized carbons (Fsp3) is 0.444. The van der Waals surface area contributed by atoms with Gasteiger partial charge in [-0.1, -0.05) is 48.9 Å². The largest absolute Gasteiger partial charge is 0.470 e. The van der Waals surface area contributed by atoms with Gasteiger partial charge < -0.3 is 10.1 Å². The molecule has 7 heteroatoms.